The molecule has 29 heavy (non-hydrogen) atoms. The molecule has 0 fully saturated rings. The van der Waals surface area contributed by atoms with Crippen molar-refractivity contribution in [3.8, 4) is 0 Å². The fourth-order valence-corrected chi connectivity index (χ4v) is 3.75. The lowest BCUT2D eigenvalue weighted by Crippen LogP contribution is -2.44. The minimum Gasteiger partial charge on any atom is -0.464 e. The van der Waals surface area contributed by atoms with E-state index in [1.807, 2.05) is 24.3 Å². The number of anilines is 2. The molecular weight excluding hydrogens is 388 g/mol. The van der Waals surface area contributed by atoms with Gasteiger partial charge in [0.2, 0.25) is 0 Å². The van der Waals surface area contributed by atoms with E-state index in [2.05, 4.69) is 5.32 Å². The van der Waals surface area contributed by atoms with Crippen LogP contribution in [-0.2, 0) is 0 Å². The van der Waals surface area contributed by atoms with E-state index in [-0.39, 0.29) is 11.3 Å². The van der Waals surface area contributed by atoms with Crippen molar-refractivity contribution >= 4 is 39.9 Å². The van der Waals surface area contributed by atoms with Gasteiger partial charge in [-0.3, -0.25) is 14.5 Å². The minimum atomic E-state index is -0.723. The van der Waals surface area contributed by atoms with Crippen molar-refractivity contribution in [3.63, 3.8) is 0 Å². The van der Waals surface area contributed by atoms with Crippen molar-refractivity contribution in [1.29, 1.82) is 0 Å². The lowest BCUT2D eigenvalue weighted by molar-refractivity contribution is 0.0974. The number of amides is 1. The van der Waals surface area contributed by atoms with Gasteiger partial charge in [-0.15, -0.1) is 0 Å². The third-order valence-electron chi connectivity index (χ3n) is 5.03. The predicted octanol–water partition coefficient (Wildman–Crippen LogP) is 5.22. The zero-order valence-electron chi connectivity index (χ0n) is 15.1. The fraction of sp³-hybridized carbons (Fsp3) is 0.0435. The Morgan fingerprint density at radius 2 is 1.62 bits per heavy atom. The van der Waals surface area contributed by atoms with Gasteiger partial charge in [-0.2, -0.15) is 0 Å². The molecule has 1 atom stereocenters. The molecule has 0 aliphatic carbocycles. The van der Waals surface area contributed by atoms with Crippen LogP contribution in [0.15, 0.2) is 88.3 Å². The number of carbonyl (C=O) groups excluding carboxylic acids is 1. The summed E-state index contributed by atoms with van der Waals surface area (Å²) in [5, 5.41) is 4.35. The van der Waals surface area contributed by atoms with E-state index in [0.717, 1.165) is 0 Å². The number of hydrogen-bond acceptors (Lipinski definition) is 4. The first-order valence-electron chi connectivity index (χ1n) is 9.08. The molecule has 1 aromatic heterocycles. The zero-order chi connectivity index (χ0) is 20.0. The standard InChI is InChI=1S/C23H15ClN2O3/c24-14-9-11-15(12-10-14)26-22(25-19-7-3-1-5-16(19)23(26)28)18-13-29-20-8-4-2-6-17(20)21(18)27/h1-13,22,25H. The highest BCUT2D eigenvalue weighted by Gasteiger charge is 2.35. The molecule has 3 aromatic carbocycles. The number of para-hydroxylation sites is 2. The average Bonchev–Trinajstić information content (AvgIpc) is 2.75. The van der Waals surface area contributed by atoms with Crippen LogP contribution in [0.4, 0.5) is 11.4 Å². The first-order chi connectivity index (χ1) is 14.1. The van der Waals surface area contributed by atoms with Gasteiger partial charge in [-0.25, -0.2) is 0 Å². The number of halogens is 1. The van der Waals surface area contributed by atoms with Crippen molar-refractivity contribution in [3.05, 3.63) is 105 Å². The number of rotatable bonds is 2. The molecule has 1 aliphatic rings. The summed E-state index contributed by atoms with van der Waals surface area (Å²) in [7, 11) is 0. The molecule has 1 N–H and O–H groups in total. The SMILES string of the molecule is O=C1c2ccccc2NC(c2coc3ccccc3c2=O)N1c1ccc(Cl)cc1. The van der Waals surface area contributed by atoms with Gasteiger partial charge in [0, 0.05) is 16.4 Å². The van der Waals surface area contributed by atoms with Crippen LogP contribution < -0.4 is 15.6 Å². The Morgan fingerprint density at radius 3 is 2.45 bits per heavy atom. The number of carbonyl (C=O) groups is 1. The van der Waals surface area contributed by atoms with E-state index in [0.29, 0.717) is 38.5 Å². The summed E-state index contributed by atoms with van der Waals surface area (Å²) in [6.07, 6.45) is 0.700. The minimum absolute atomic E-state index is 0.185. The summed E-state index contributed by atoms with van der Waals surface area (Å²) in [4.78, 5) is 28.2. The van der Waals surface area contributed by atoms with Gasteiger partial charge in [-0.05, 0) is 48.5 Å². The topological polar surface area (TPSA) is 62.6 Å². The van der Waals surface area contributed by atoms with Crippen LogP contribution in [0.5, 0.6) is 0 Å². The molecule has 0 saturated carbocycles. The molecule has 5 nitrogen and oxygen atoms in total. The first kappa shape index (κ1) is 17.5. The Labute approximate surface area is 171 Å². The maximum Gasteiger partial charge on any atom is 0.262 e. The maximum atomic E-state index is 13.4. The average molecular weight is 403 g/mol. The molecule has 5 rings (SSSR count). The highest BCUT2D eigenvalue weighted by Crippen LogP contribution is 2.36. The van der Waals surface area contributed by atoms with E-state index in [4.69, 9.17) is 16.0 Å². The molecule has 4 aromatic rings. The number of hydrogen-bond donors (Lipinski definition) is 1. The highest BCUT2D eigenvalue weighted by molar-refractivity contribution is 6.30. The molecule has 0 spiro atoms. The van der Waals surface area contributed by atoms with Gasteiger partial charge in [0.25, 0.3) is 5.91 Å². The van der Waals surface area contributed by atoms with Crippen LogP contribution in [0, 0.1) is 0 Å². The van der Waals surface area contributed by atoms with Crippen molar-refractivity contribution < 1.29 is 9.21 Å². The Kier molecular flexibility index (Phi) is 4.11. The molecule has 0 bridgehead atoms. The van der Waals surface area contributed by atoms with Gasteiger partial charge in [0.05, 0.1) is 16.5 Å². The van der Waals surface area contributed by atoms with Crippen LogP contribution in [0.25, 0.3) is 11.0 Å². The third kappa shape index (κ3) is 2.87. The Bertz CT molecular complexity index is 1300. The lowest BCUT2D eigenvalue weighted by Gasteiger charge is -2.37. The maximum absolute atomic E-state index is 13.4. The second-order valence-electron chi connectivity index (χ2n) is 6.76. The summed E-state index contributed by atoms with van der Waals surface area (Å²) < 4.78 is 5.70. The van der Waals surface area contributed by atoms with Crippen molar-refractivity contribution in [2.75, 3.05) is 10.2 Å². The monoisotopic (exact) mass is 402 g/mol. The quantitative estimate of drug-likeness (QED) is 0.499. The Morgan fingerprint density at radius 1 is 0.897 bits per heavy atom. The van der Waals surface area contributed by atoms with E-state index < -0.39 is 6.17 Å². The molecule has 6 heteroatoms. The summed E-state index contributed by atoms with van der Waals surface area (Å²) in [6, 6.07) is 21.2. The number of fused-ring (bicyclic) bond motifs is 2. The second-order valence-corrected chi connectivity index (χ2v) is 7.20. The van der Waals surface area contributed by atoms with Gasteiger partial charge in [0.1, 0.15) is 18.0 Å². The van der Waals surface area contributed by atoms with Gasteiger partial charge >= 0.3 is 0 Å². The summed E-state index contributed by atoms with van der Waals surface area (Å²) in [5.74, 6) is -0.209. The summed E-state index contributed by atoms with van der Waals surface area (Å²) in [6.45, 7) is 0. The predicted molar refractivity (Wildman–Crippen MR) is 114 cm³/mol. The number of nitrogens with zero attached hydrogens (tertiary/aromatic N) is 1. The summed E-state index contributed by atoms with van der Waals surface area (Å²) >= 11 is 6.03. The Hall–Kier alpha value is -3.57. The summed E-state index contributed by atoms with van der Waals surface area (Å²) in [5.41, 5.74) is 2.49. The largest absolute Gasteiger partial charge is 0.464 e. The van der Waals surface area contributed by atoms with Crippen molar-refractivity contribution in [2.24, 2.45) is 0 Å². The second kappa shape index (κ2) is 6.79. The molecule has 1 amide bonds. The zero-order valence-corrected chi connectivity index (χ0v) is 15.9. The van der Waals surface area contributed by atoms with Gasteiger partial charge in [0.15, 0.2) is 5.43 Å². The smallest absolute Gasteiger partial charge is 0.262 e. The van der Waals surface area contributed by atoms with E-state index in [1.165, 1.54) is 6.26 Å². The van der Waals surface area contributed by atoms with Gasteiger partial charge < -0.3 is 9.73 Å². The van der Waals surface area contributed by atoms with Crippen molar-refractivity contribution in [1.82, 2.24) is 0 Å². The fourth-order valence-electron chi connectivity index (χ4n) is 3.62. The van der Waals surface area contributed by atoms with Crippen LogP contribution in [0.3, 0.4) is 0 Å². The molecule has 0 saturated heterocycles. The van der Waals surface area contributed by atoms with Crippen molar-refractivity contribution in [2.45, 2.75) is 6.17 Å². The lowest BCUT2D eigenvalue weighted by atomic mass is 10.0. The Balaban J connectivity index is 1.73. The van der Waals surface area contributed by atoms with E-state index >= 15 is 0 Å². The molecule has 1 aliphatic heterocycles. The number of benzene rings is 3. The van der Waals surface area contributed by atoms with Crippen LogP contribution in [0.2, 0.25) is 5.02 Å². The molecule has 0 radical (unpaired) electrons. The molecule has 142 valence electrons. The van der Waals surface area contributed by atoms with Gasteiger partial charge in [-0.1, -0.05) is 35.9 Å². The molecule has 2 heterocycles. The first-order valence-corrected chi connectivity index (χ1v) is 9.46. The number of nitrogens with one attached hydrogen (secondary N) is 1. The highest BCUT2D eigenvalue weighted by atomic mass is 35.5. The van der Waals surface area contributed by atoms with Crippen LogP contribution in [0.1, 0.15) is 22.1 Å². The van der Waals surface area contributed by atoms with E-state index in [9.17, 15) is 9.59 Å². The molecular formula is C23H15ClN2O3. The van der Waals surface area contributed by atoms with E-state index in [1.54, 1.807) is 53.4 Å². The van der Waals surface area contributed by atoms with Crippen LogP contribution in [-0.4, -0.2) is 5.91 Å². The van der Waals surface area contributed by atoms with Crippen LogP contribution >= 0.6 is 11.6 Å². The third-order valence-corrected chi connectivity index (χ3v) is 5.28. The molecule has 1 unspecified atom stereocenters. The normalized spacial score (nSPS) is 15.8.